The zero-order valence-corrected chi connectivity index (χ0v) is 12.7. The molecule has 0 heterocycles. The first-order valence-electron chi connectivity index (χ1n) is 6.16. The molecule has 0 fully saturated rings. The molecule has 0 saturated heterocycles. The van der Waals surface area contributed by atoms with E-state index in [0.29, 0.717) is 5.02 Å². The fourth-order valence-electron chi connectivity index (χ4n) is 1.78. The van der Waals surface area contributed by atoms with E-state index in [2.05, 4.69) is 4.72 Å². The van der Waals surface area contributed by atoms with Crippen LogP contribution in [0.2, 0.25) is 5.02 Å². The van der Waals surface area contributed by atoms with Gasteiger partial charge < -0.3 is 10.8 Å². The lowest BCUT2D eigenvalue weighted by atomic mass is 10.1. The van der Waals surface area contributed by atoms with Crippen molar-refractivity contribution in [3.8, 4) is 0 Å². The molecule has 0 amide bonds. The Bertz CT molecular complexity index is 730. The van der Waals surface area contributed by atoms with Gasteiger partial charge >= 0.3 is 0 Å². The monoisotopic (exact) mass is 326 g/mol. The number of aliphatic hydroxyl groups excluding tert-OH is 1. The molecule has 0 saturated carbocycles. The van der Waals surface area contributed by atoms with Crippen LogP contribution in [0.4, 0.5) is 5.69 Å². The second-order valence-corrected chi connectivity index (χ2v) is 6.65. The summed E-state index contributed by atoms with van der Waals surface area (Å²) < 4.78 is 26.8. The van der Waals surface area contributed by atoms with Crippen LogP contribution in [0, 0.1) is 0 Å². The Morgan fingerprint density at radius 3 is 2.29 bits per heavy atom. The number of nitrogen functional groups attached to an aromatic ring is 1. The lowest BCUT2D eigenvalue weighted by Crippen LogP contribution is -2.24. The summed E-state index contributed by atoms with van der Waals surface area (Å²) >= 11 is 5.75. The van der Waals surface area contributed by atoms with Crippen molar-refractivity contribution in [1.29, 1.82) is 0 Å². The Morgan fingerprint density at radius 1 is 1.10 bits per heavy atom. The molecule has 0 atom stereocenters. The minimum atomic E-state index is -3.70. The maximum Gasteiger partial charge on any atom is 0.242 e. The number of hydrogen-bond donors (Lipinski definition) is 3. The Labute approximate surface area is 128 Å². The molecular weight excluding hydrogens is 312 g/mol. The summed E-state index contributed by atoms with van der Waals surface area (Å²) in [6, 6.07) is 11.2. The lowest BCUT2D eigenvalue weighted by Gasteiger charge is -2.09. The SMILES string of the molecule is Nc1cc(Cl)ccc1S(=O)(=O)NCc1ccc(CO)cc1. The first-order chi connectivity index (χ1) is 9.92. The predicted molar refractivity (Wildman–Crippen MR) is 82.3 cm³/mol. The van der Waals surface area contributed by atoms with Gasteiger partial charge in [-0.05, 0) is 29.3 Å². The molecule has 0 aromatic heterocycles. The third kappa shape index (κ3) is 3.95. The third-order valence-corrected chi connectivity index (χ3v) is 4.64. The zero-order chi connectivity index (χ0) is 15.5. The molecule has 2 rings (SSSR count). The highest BCUT2D eigenvalue weighted by Gasteiger charge is 2.17. The molecule has 0 radical (unpaired) electrons. The minimum Gasteiger partial charge on any atom is -0.398 e. The van der Waals surface area contributed by atoms with E-state index in [1.54, 1.807) is 24.3 Å². The molecule has 7 heteroatoms. The fourth-order valence-corrected chi connectivity index (χ4v) is 3.09. The van der Waals surface area contributed by atoms with Gasteiger partial charge in [0.05, 0.1) is 12.3 Å². The van der Waals surface area contributed by atoms with E-state index in [1.165, 1.54) is 18.2 Å². The van der Waals surface area contributed by atoms with Crippen LogP contribution in [-0.4, -0.2) is 13.5 Å². The van der Waals surface area contributed by atoms with Gasteiger partial charge in [-0.25, -0.2) is 13.1 Å². The van der Waals surface area contributed by atoms with Crippen molar-refractivity contribution in [2.75, 3.05) is 5.73 Å². The lowest BCUT2D eigenvalue weighted by molar-refractivity contribution is 0.282. The third-order valence-electron chi connectivity index (χ3n) is 2.93. The summed E-state index contributed by atoms with van der Waals surface area (Å²) in [5.41, 5.74) is 7.33. The summed E-state index contributed by atoms with van der Waals surface area (Å²) in [7, 11) is -3.70. The molecule has 2 aromatic rings. The second-order valence-electron chi connectivity index (χ2n) is 4.48. The molecule has 0 aliphatic rings. The van der Waals surface area contributed by atoms with Gasteiger partial charge in [-0.2, -0.15) is 0 Å². The molecule has 0 unspecified atom stereocenters. The molecule has 2 aromatic carbocycles. The topological polar surface area (TPSA) is 92.4 Å². The quantitative estimate of drug-likeness (QED) is 0.732. The van der Waals surface area contributed by atoms with Gasteiger partial charge in [-0.1, -0.05) is 35.9 Å². The van der Waals surface area contributed by atoms with E-state index in [4.69, 9.17) is 22.4 Å². The van der Waals surface area contributed by atoms with E-state index in [0.717, 1.165) is 11.1 Å². The summed E-state index contributed by atoms with van der Waals surface area (Å²) in [5.74, 6) is 0. The molecule has 0 spiro atoms. The van der Waals surface area contributed by atoms with Gasteiger partial charge in [-0.3, -0.25) is 0 Å². The van der Waals surface area contributed by atoms with Crippen molar-refractivity contribution < 1.29 is 13.5 Å². The van der Waals surface area contributed by atoms with Gasteiger partial charge in [-0.15, -0.1) is 0 Å². The van der Waals surface area contributed by atoms with Crippen LogP contribution in [0.1, 0.15) is 11.1 Å². The smallest absolute Gasteiger partial charge is 0.242 e. The predicted octanol–water partition coefficient (Wildman–Crippen LogP) is 1.89. The van der Waals surface area contributed by atoms with Crippen LogP contribution >= 0.6 is 11.6 Å². The van der Waals surface area contributed by atoms with Crippen molar-refractivity contribution in [2.24, 2.45) is 0 Å². The normalized spacial score (nSPS) is 11.5. The van der Waals surface area contributed by atoms with E-state index in [1.807, 2.05) is 0 Å². The van der Waals surface area contributed by atoms with Crippen LogP contribution in [0.15, 0.2) is 47.4 Å². The average Bonchev–Trinajstić information content (AvgIpc) is 2.45. The van der Waals surface area contributed by atoms with Crippen molar-refractivity contribution in [3.05, 3.63) is 58.6 Å². The van der Waals surface area contributed by atoms with Crippen molar-refractivity contribution in [2.45, 2.75) is 18.0 Å². The molecule has 5 nitrogen and oxygen atoms in total. The number of rotatable bonds is 5. The highest BCUT2D eigenvalue weighted by atomic mass is 35.5. The fraction of sp³-hybridized carbons (Fsp3) is 0.143. The standard InChI is InChI=1S/C14H15ClN2O3S/c15-12-5-6-14(13(16)7-12)21(19,20)17-8-10-1-3-11(9-18)4-2-10/h1-7,17-18H,8-9,16H2. The van der Waals surface area contributed by atoms with Crippen LogP contribution in [0.25, 0.3) is 0 Å². The van der Waals surface area contributed by atoms with Crippen LogP contribution in [0.3, 0.4) is 0 Å². The van der Waals surface area contributed by atoms with Gasteiger partial charge in [0.25, 0.3) is 0 Å². The molecule has 21 heavy (non-hydrogen) atoms. The molecule has 0 aliphatic carbocycles. The number of hydrogen-bond acceptors (Lipinski definition) is 4. The number of sulfonamides is 1. The number of anilines is 1. The number of nitrogens with one attached hydrogen (secondary N) is 1. The number of aliphatic hydroxyl groups is 1. The maximum atomic E-state index is 12.2. The Balaban J connectivity index is 2.13. The van der Waals surface area contributed by atoms with E-state index >= 15 is 0 Å². The molecular formula is C14H15ClN2O3S. The molecule has 0 aliphatic heterocycles. The Kier molecular flexibility index (Phi) is 4.84. The van der Waals surface area contributed by atoms with E-state index in [9.17, 15) is 8.42 Å². The number of nitrogens with two attached hydrogens (primary N) is 1. The molecule has 0 bridgehead atoms. The van der Waals surface area contributed by atoms with E-state index < -0.39 is 10.0 Å². The summed E-state index contributed by atoms with van der Waals surface area (Å²) in [4.78, 5) is -0.00104. The maximum absolute atomic E-state index is 12.2. The average molecular weight is 327 g/mol. The summed E-state index contributed by atoms with van der Waals surface area (Å²) in [6.07, 6.45) is 0. The highest BCUT2D eigenvalue weighted by molar-refractivity contribution is 7.89. The van der Waals surface area contributed by atoms with E-state index in [-0.39, 0.29) is 23.7 Å². The second kappa shape index (κ2) is 6.44. The first kappa shape index (κ1) is 15.8. The number of halogens is 1. The van der Waals surface area contributed by atoms with Crippen LogP contribution in [-0.2, 0) is 23.2 Å². The van der Waals surface area contributed by atoms with Crippen molar-refractivity contribution in [1.82, 2.24) is 4.72 Å². The number of benzene rings is 2. The van der Waals surface area contributed by atoms with Gasteiger partial charge in [0.15, 0.2) is 0 Å². The van der Waals surface area contributed by atoms with Crippen LogP contribution in [0.5, 0.6) is 0 Å². The summed E-state index contributed by atoms with van der Waals surface area (Å²) in [5, 5.41) is 9.33. The largest absolute Gasteiger partial charge is 0.398 e. The Morgan fingerprint density at radius 2 is 1.71 bits per heavy atom. The van der Waals surface area contributed by atoms with Crippen molar-refractivity contribution in [3.63, 3.8) is 0 Å². The first-order valence-corrected chi connectivity index (χ1v) is 8.02. The van der Waals surface area contributed by atoms with Gasteiger partial charge in [0.1, 0.15) is 4.90 Å². The molecule has 112 valence electrons. The zero-order valence-electron chi connectivity index (χ0n) is 11.1. The highest BCUT2D eigenvalue weighted by Crippen LogP contribution is 2.22. The van der Waals surface area contributed by atoms with Crippen LogP contribution < -0.4 is 10.5 Å². The summed E-state index contributed by atoms with van der Waals surface area (Å²) in [6.45, 7) is 0.0867. The van der Waals surface area contributed by atoms with Gasteiger partial charge in [0, 0.05) is 11.6 Å². The molecule has 4 N–H and O–H groups in total. The van der Waals surface area contributed by atoms with Gasteiger partial charge in [0.2, 0.25) is 10.0 Å². The Hall–Kier alpha value is -1.60. The minimum absolute atomic E-state index is 0.00104. The van der Waals surface area contributed by atoms with Crippen molar-refractivity contribution >= 4 is 27.3 Å².